The van der Waals surface area contributed by atoms with Gasteiger partial charge in [-0.1, -0.05) is 6.92 Å². The summed E-state index contributed by atoms with van der Waals surface area (Å²) in [6, 6.07) is 0. The molecule has 0 aromatic rings. The topological polar surface area (TPSA) is 26.3 Å². The number of hydrogen-bond acceptors (Lipinski definition) is 2. The van der Waals surface area contributed by atoms with Crippen LogP contribution in [0.25, 0.3) is 0 Å². The molecule has 0 saturated heterocycles. The van der Waals surface area contributed by atoms with Crippen LogP contribution in [0.5, 0.6) is 0 Å². The zero-order valence-electron chi connectivity index (χ0n) is 6.39. The fraction of sp³-hybridized carbons (Fsp3) is 0.667. The first-order valence-electron chi connectivity index (χ1n) is 2.83. The SMILES string of the molecule is [CH2-]C(C)CC(=O)OC.[Zn+][Br]. The van der Waals surface area contributed by atoms with Crippen LogP contribution in [0.15, 0.2) is 0 Å². The first-order valence-corrected chi connectivity index (χ1v) is 9.78. The standard InChI is InChI=1S/C6H11O2.BrH.Zn/c1-5(2)4-6(7)8-3;;/h5H,1,4H2,2-3H3;1H;/q-1;;+2/p-1. The van der Waals surface area contributed by atoms with E-state index < -0.39 is 0 Å². The van der Waals surface area contributed by atoms with E-state index in [0.29, 0.717) is 6.42 Å². The molecule has 0 aromatic carbocycles. The summed E-state index contributed by atoms with van der Waals surface area (Å²) < 4.78 is 4.38. The number of methoxy groups -OCH3 is 1. The number of carbonyl (C=O) groups is 1. The van der Waals surface area contributed by atoms with Crippen LogP contribution < -0.4 is 0 Å². The van der Waals surface area contributed by atoms with E-state index in [4.69, 9.17) is 0 Å². The number of ether oxygens (including phenoxy) is 1. The van der Waals surface area contributed by atoms with Crippen molar-refractivity contribution in [2.45, 2.75) is 13.3 Å². The minimum atomic E-state index is -0.187. The fourth-order valence-corrected chi connectivity index (χ4v) is 0.368. The minimum absolute atomic E-state index is 0.155. The number of esters is 1. The van der Waals surface area contributed by atoms with E-state index in [1.165, 1.54) is 23.5 Å². The molecule has 1 unspecified atom stereocenters. The van der Waals surface area contributed by atoms with E-state index in [-0.39, 0.29) is 11.9 Å². The predicted octanol–water partition coefficient (Wildman–Crippen LogP) is 1.86. The van der Waals surface area contributed by atoms with E-state index in [1.807, 2.05) is 6.92 Å². The monoisotopic (exact) mass is 258 g/mol. The zero-order valence-corrected chi connectivity index (χ0v) is 10.9. The Morgan fingerprint density at radius 3 is 2.30 bits per heavy atom. The molecule has 0 fully saturated rings. The summed E-state index contributed by atoms with van der Waals surface area (Å²) in [5.74, 6) is -0.0325. The van der Waals surface area contributed by atoms with Gasteiger partial charge in [0.15, 0.2) is 0 Å². The first kappa shape index (κ1) is 13.2. The molecule has 0 aliphatic carbocycles. The zero-order chi connectivity index (χ0) is 8.57. The molecule has 4 heteroatoms. The van der Waals surface area contributed by atoms with Crippen molar-refractivity contribution >= 4 is 19.6 Å². The Morgan fingerprint density at radius 1 is 1.80 bits per heavy atom. The van der Waals surface area contributed by atoms with Crippen molar-refractivity contribution in [3.05, 3.63) is 6.92 Å². The van der Waals surface area contributed by atoms with Crippen molar-refractivity contribution in [1.82, 2.24) is 0 Å². The van der Waals surface area contributed by atoms with Crippen LogP contribution in [0.1, 0.15) is 13.3 Å². The van der Waals surface area contributed by atoms with Gasteiger partial charge >= 0.3 is 35.9 Å². The molecule has 0 radical (unpaired) electrons. The van der Waals surface area contributed by atoms with Crippen LogP contribution in [0.2, 0.25) is 0 Å². The van der Waals surface area contributed by atoms with Crippen LogP contribution in [0, 0.1) is 12.8 Å². The molecule has 0 aliphatic rings. The van der Waals surface area contributed by atoms with Gasteiger partial charge in [0, 0.05) is 6.42 Å². The Morgan fingerprint density at radius 2 is 2.20 bits per heavy atom. The number of halogens is 1. The Bertz CT molecular complexity index is 85.8. The molecule has 0 heterocycles. The number of carbonyl (C=O) groups excluding carboxylic acids is 1. The second-order valence-electron chi connectivity index (χ2n) is 1.89. The fourth-order valence-electron chi connectivity index (χ4n) is 0.368. The Hall–Kier alpha value is 0.573. The molecule has 0 spiro atoms. The molecule has 56 valence electrons. The van der Waals surface area contributed by atoms with Gasteiger partial charge in [-0.15, -0.1) is 0 Å². The van der Waals surface area contributed by atoms with Gasteiger partial charge in [-0.05, 0) is 0 Å². The second-order valence-corrected chi connectivity index (χ2v) is 1.89. The van der Waals surface area contributed by atoms with Crippen LogP contribution in [-0.2, 0) is 25.9 Å². The average molecular weight is 260 g/mol. The third-order valence-corrected chi connectivity index (χ3v) is 0.743. The number of rotatable bonds is 2. The van der Waals surface area contributed by atoms with Gasteiger partial charge in [0.05, 0.1) is 7.11 Å². The molecule has 0 N–H and O–H groups in total. The van der Waals surface area contributed by atoms with E-state index in [0.717, 1.165) is 0 Å². The summed E-state index contributed by atoms with van der Waals surface area (Å²) in [6.07, 6.45) is 0.413. The molecule has 0 aliphatic heterocycles. The maximum absolute atomic E-state index is 10.4. The third-order valence-electron chi connectivity index (χ3n) is 0.743. The Balaban J connectivity index is 0. The molecule has 0 aromatic heterocycles. The summed E-state index contributed by atoms with van der Waals surface area (Å²) in [4.78, 5) is 10.4. The molecule has 0 rings (SSSR count). The average Bonchev–Trinajstić information content (AvgIpc) is 1.91. The second kappa shape index (κ2) is 9.57. The first-order chi connectivity index (χ1) is 4.66. The van der Waals surface area contributed by atoms with Gasteiger partial charge in [0.25, 0.3) is 0 Å². The summed E-state index contributed by atoms with van der Waals surface area (Å²) in [7, 11) is 1.38. The maximum atomic E-state index is 10.4. The van der Waals surface area contributed by atoms with Crippen molar-refractivity contribution in [3.63, 3.8) is 0 Å². The van der Waals surface area contributed by atoms with E-state index in [9.17, 15) is 4.79 Å². The summed E-state index contributed by atoms with van der Waals surface area (Å²) in [5.41, 5.74) is 0. The van der Waals surface area contributed by atoms with Crippen LogP contribution in [-0.4, -0.2) is 13.1 Å². The molecule has 1 atom stereocenters. The van der Waals surface area contributed by atoms with Gasteiger partial charge in [-0.3, -0.25) is 4.79 Å². The van der Waals surface area contributed by atoms with Gasteiger partial charge in [-0.25, -0.2) is 0 Å². The molecule has 10 heavy (non-hydrogen) atoms. The summed E-state index contributed by atoms with van der Waals surface area (Å²) in [6.45, 7) is 5.50. The van der Waals surface area contributed by atoms with E-state index >= 15 is 0 Å². The quantitative estimate of drug-likeness (QED) is 0.430. The van der Waals surface area contributed by atoms with E-state index in [2.05, 4.69) is 25.3 Å². The molecular formula is C6H11BrO2Zn. The summed E-state index contributed by atoms with van der Waals surface area (Å²) in [5, 5.41) is 0. The molecule has 2 nitrogen and oxygen atoms in total. The molecule has 0 saturated carbocycles. The predicted molar refractivity (Wildman–Crippen MR) is 40.1 cm³/mol. The molecule has 0 amide bonds. The number of hydrogen-bond donors (Lipinski definition) is 0. The van der Waals surface area contributed by atoms with Crippen LogP contribution >= 0.6 is 13.6 Å². The van der Waals surface area contributed by atoms with Gasteiger partial charge in [0.1, 0.15) is 0 Å². The van der Waals surface area contributed by atoms with Crippen molar-refractivity contribution in [1.29, 1.82) is 0 Å². The molecular weight excluding hydrogens is 249 g/mol. The van der Waals surface area contributed by atoms with Gasteiger partial charge in [-0.2, -0.15) is 5.92 Å². The van der Waals surface area contributed by atoms with Crippen molar-refractivity contribution in [3.8, 4) is 0 Å². The third kappa shape index (κ3) is 11.4. The van der Waals surface area contributed by atoms with Crippen molar-refractivity contribution in [2.24, 2.45) is 5.92 Å². The van der Waals surface area contributed by atoms with Crippen LogP contribution in [0.4, 0.5) is 0 Å². The van der Waals surface area contributed by atoms with Crippen molar-refractivity contribution in [2.75, 3.05) is 7.11 Å². The Labute approximate surface area is 78.7 Å². The Kier molecular flexibility index (Phi) is 12.6. The van der Waals surface area contributed by atoms with Crippen LogP contribution in [0.3, 0.4) is 0 Å². The molecule has 0 bridgehead atoms. The summed E-state index contributed by atoms with van der Waals surface area (Å²) >= 11 is 4.25. The van der Waals surface area contributed by atoms with Gasteiger partial charge < -0.3 is 11.7 Å². The normalized spacial score (nSPS) is 11.0. The van der Waals surface area contributed by atoms with Crippen molar-refractivity contribution < 1.29 is 25.9 Å². The van der Waals surface area contributed by atoms with Gasteiger partial charge in [0.2, 0.25) is 0 Å². The van der Waals surface area contributed by atoms with E-state index in [1.54, 1.807) is 0 Å².